The summed E-state index contributed by atoms with van der Waals surface area (Å²) < 4.78 is 40.9. The molecule has 26 heavy (non-hydrogen) atoms. The number of hydrogen-bond donors (Lipinski definition) is 5. The summed E-state index contributed by atoms with van der Waals surface area (Å²) in [6.07, 6.45) is 0. The van der Waals surface area contributed by atoms with E-state index in [2.05, 4.69) is 21.2 Å². The van der Waals surface area contributed by atoms with Crippen molar-refractivity contribution in [3.05, 3.63) is 46.2 Å². The number of amides is 1. The summed E-state index contributed by atoms with van der Waals surface area (Å²) in [5, 5.41) is 30.8. The molecule has 0 saturated heterocycles. The predicted molar refractivity (Wildman–Crippen MR) is 94.1 cm³/mol. The molecule has 5 N–H and O–H groups in total. The van der Waals surface area contributed by atoms with Gasteiger partial charge in [0.25, 0.3) is 15.9 Å². The van der Waals surface area contributed by atoms with Gasteiger partial charge in [0.1, 0.15) is 16.5 Å². The molecule has 1 amide bonds. The summed E-state index contributed by atoms with van der Waals surface area (Å²) >= 11 is 3.07. The van der Waals surface area contributed by atoms with E-state index in [9.17, 15) is 27.8 Å². The highest BCUT2D eigenvalue weighted by molar-refractivity contribution is 9.10. The molecule has 0 heterocycles. The molecule has 2 rings (SSSR count). The number of carbonyl (C=O) groups is 1. The second-order valence-corrected chi connectivity index (χ2v) is 7.61. The van der Waals surface area contributed by atoms with Crippen LogP contribution in [0.4, 0.5) is 10.1 Å². The molecular weight excluding hydrogens is 435 g/mol. The topological polar surface area (TPSA) is 136 Å². The third-order valence-corrected chi connectivity index (χ3v) is 5.06. The number of nitrogens with one attached hydrogen (secondary N) is 2. The molecule has 2 aromatic carbocycles. The van der Waals surface area contributed by atoms with Crippen LogP contribution in [0.25, 0.3) is 0 Å². The molecule has 0 saturated carbocycles. The van der Waals surface area contributed by atoms with Gasteiger partial charge < -0.3 is 20.6 Å². The number of halogens is 2. The summed E-state index contributed by atoms with van der Waals surface area (Å²) in [5.41, 5.74) is -1.10. The SMILES string of the molecule is O=C(NCCO)c1cc(F)cc(NS(=O)(=O)c2cc(Br)ccc2O)c1O. The highest BCUT2D eigenvalue weighted by Gasteiger charge is 2.23. The zero-order valence-corrected chi connectivity index (χ0v) is 15.4. The first-order chi connectivity index (χ1) is 12.2. The summed E-state index contributed by atoms with van der Waals surface area (Å²) in [6, 6.07) is 5.07. The molecule has 8 nitrogen and oxygen atoms in total. The summed E-state index contributed by atoms with van der Waals surface area (Å²) in [7, 11) is -4.39. The Bertz CT molecular complexity index is 951. The molecule has 0 spiro atoms. The molecule has 0 aliphatic rings. The van der Waals surface area contributed by atoms with Crippen LogP contribution < -0.4 is 10.0 Å². The Morgan fingerprint density at radius 1 is 1.19 bits per heavy atom. The Morgan fingerprint density at radius 3 is 2.54 bits per heavy atom. The molecule has 0 radical (unpaired) electrons. The predicted octanol–water partition coefficient (Wildman–Crippen LogP) is 1.52. The number of phenolic OH excluding ortho intramolecular Hbond substituents is 2. The van der Waals surface area contributed by atoms with E-state index in [0.717, 1.165) is 18.2 Å². The first-order valence-electron chi connectivity index (χ1n) is 7.08. The van der Waals surface area contributed by atoms with Gasteiger partial charge in [-0.05, 0) is 24.3 Å². The van der Waals surface area contributed by atoms with E-state index in [1.165, 1.54) is 6.07 Å². The van der Waals surface area contributed by atoms with Crippen LogP contribution in [0.2, 0.25) is 0 Å². The molecule has 2 aromatic rings. The fourth-order valence-electron chi connectivity index (χ4n) is 2.02. The van der Waals surface area contributed by atoms with E-state index in [-0.39, 0.29) is 13.2 Å². The van der Waals surface area contributed by atoms with Crippen LogP contribution in [0, 0.1) is 5.82 Å². The zero-order chi connectivity index (χ0) is 19.5. The minimum absolute atomic E-state index is 0.137. The van der Waals surface area contributed by atoms with Crippen LogP contribution in [0.3, 0.4) is 0 Å². The van der Waals surface area contributed by atoms with Crippen molar-refractivity contribution < 1.29 is 32.9 Å². The number of sulfonamides is 1. The van der Waals surface area contributed by atoms with Gasteiger partial charge in [0.15, 0.2) is 5.75 Å². The minimum atomic E-state index is -4.39. The normalized spacial score (nSPS) is 11.2. The van der Waals surface area contributed by atoms with Gasteiger partial charge in [-0.1, -0.05) is 15.9 Å². The lowest BCUT2D eigenvalue weighted by molar-refractivity contribution is 0.0941. The summed E-state index contributed by atoms with van der Waals surface area (Å²) in [5.74, 6) is -3.24. The van der Waals surface area contributed by atoms with Crippen molar-refractivity contribution in [2.75, 3.05) is 17.9 Å². The standard InChI is InChI=1S/C15H14BrFN2O6S/c16-8-1-2-12(21)13(5-8)26(24,25)19-11-7-9(17)6-10(14(11)22)15(23)18-3-4-20/h1-2,5-7,19-22H,3-4H2,(H,18,23). The molecule has 0 unspecified atom stereocenters. The van der Waals surface area contributed by atoms with E-state index < -0.39 is 49.4 Å². The maximum atomic E-state index is 13.8. The first kappa shape index (κ1) is 19.9. The van der Waals surface area contributed by atoms with Crippen molar-refractivity contribution in [2.24, 2.45) is 0 Å². The lowest BCUT2D eigenvalue weighted by Gasteiger charge is -2.14. The van der Waals surface area contributed by atoms with E-state index >= 15 is 0 Å². The maximum absolute atomic E-state index is 13.8. The number of benzene rings is 2. The van der Waals surface area contributed by atoms with E-state index in [1.54, 1.807) is 0 Å². The Kier molecular flexibility index (Phi) is 6.05. The number of aromatic hydroxyl groups is 2. The number of phenols is 2. The smallest absolute Gasteiger partial charge is 0.265 e. The van der Waals surface area contributed by atoms with Gasteiger partial charge in [-0.25, -0.2) is 12.8 Å². The average molecular weight is 449 g/mol. The molecule has 0 aliphatic carbocycles. The molecule has 11 heteroatoms. The Labute approximate surface area is 156 Å². The van der Waals surface area contributed by atoms with Gasteiger partial charge in [-0.15, -0.1) is 0 Å². The minimum Gasteiger partial charge on any atom is -0.507 e. The number of anilines is 1. The Hall–Kier alpha value is -2.37. The number of aliphatic hydroxyl groups excluding tert-OH is 1. The van der Waals surface area contributed by atoms with Crippen molar-refractivity contribution in [1.82, 2.24) is 5.32 Å². The lowest BCUT2D eigenvalue weighted by atomic mass is 10.1. The third-order valence-electron chi connectivity index (χ3n) is 3.17. The highest BCUT2D eigenvalue weighted by Crippen LogP contribution is 2.33. The van der Waals surface area contributed by atoms with Gasteiger partial charge >= 0.3 is 0 Å². The monoisotopic (exact) mass is 448 g/mol. The molecular formula is C15H14BrFN2O6S. The summed E-state index contributed by atoms with van der Waals surface area (Å²) in [6.45, 7) is -0.509. The van der Waals surface area contributed by atoms with E-state index in [4.69, 9.17) is 5.11 Å². The van der Waals surface area contributed by atoms with Crippen LogP contribution in [0.5, 0.6) is 11.5 Å². The zero-order valence-electron chi connectivity index (χ0n) is 13.0. The Balaban J connectivity index is 2.44. The fraction of sp³-hybridized carbons (Fsp3) is 0.133. The second kappa shape index (κ2) is 7.89. The van der Waals surface area contributed by atoms with Gasteiger partial charge in [-0.3, -0.25) is 9.52 Å². The van der Waals surface area contributed by atoms with Crippen LogP contribution in [-0.2, 0) is 10.0 Å². The molecule has 0 aliphatic heterocycles. The molecule has 0 bridgehead atoms. The largest absolute Gasteiger partial charge is 0.507 e. The van der Waals surface area contributed by atoms with Gasteiger partial charge in [0.05, 0.1) is 17.9 Å². The van der Waals surface area contributed by atoms with Crippen LogP contribution in [0.1, 0.15) is 10.4 Å². The van der Waals surface area contributed by atoms with Crippen molar-refractivity contribution in [3.8, 4) is 11.5 Å². The van der Waals surface area contributed by atoms with Crippen molar-refractivity contribution >= 4 is 37.5 Å². The molecule has 0 fully saturated rings. The molecule has 140 valence electrons. The quantitative estimate of drug-likeness (QED) is 0.425. The van der Waals surface area contributed by atoms with Gasteiger partial charge in [0.2, 0.25) is 0 Å². The van der Waals surface area contributed by atoms with Crippen LogP contribution >= 0.6 is 15.9 Å². The molecule has 0 aromatic heterocycles. The van der Waals surface area contributed by atoms with E-state index in [0.29, 0.717) is 10.5 Å². The number of carbonyl (C=O) groups excluding carboxylic acids is 1. The van der Waals surface area contributed by atoms with Gasteiger partial charge in [0, 0.05) is 17.1 Å². The Morgan fingerprint density at radius 2 is 1.88 bits per heavy atom. The molecule has 0 atom stereocenters. The second-order valence-electron chi connectivity index (χ2n) is 5.05. The van der Waals surface area contributed by atoms with E-state index in [1.807, 2.05) is 4.72 Å². The van der Waals surface area contributed by atoms with Crippen molar-refractivity contribution in [1.29, 1.82) is 0 Å². The van der Waals surface area contributed by atoms with Crippen molar-refractivity contribution in [2.45, 2.75) is 4.90 Å². The third kappa shape index (κ3) is 4.42. The van der Waals surface area contributed by atoms with Crippen LogP contribution in [-0.4, -0.2) is 42.8 Å². The number of aliphatic hydroxyl groups is 1. The fourth-order valence-corrected chi connectivity index (χ4v) is 3.71. The van der Waals surface area contributed by atoms with Gasteiger partial charge in [-0.2, -0.15) is 0 Å². The first-order valence-corrected chi connectivity index (χ1v) is 9.36. The number of hydrogen-bond acceptors (Lipinski definition) is 6. The lowest BCUT2D eigenvalue weighted by Crippen LogP contribution is -2.26. The van der Waals surface area contributed by atoms with Crippen molar-refractivity contribution in [3.63, 3.8) is 0 Å². The maximum Gasteiger partial charge on any atom is 0.265 e. The summed E-state index contributed by atoms with van der Waals surface area (Å²) in [4.78, 5) is 11.4. The number of rotatable bonds is 6. The highest BCUT2D eigenvalue weighted by atomic mass is 79.9. The van der Waals surface area contributed by atoms with Crippen LogP contribution in [0.15, 0.2) is 39.7 Å². The average Bonchev–Trinajstić information content (AvgIpc) is 2.57.